The molecule has 0 spiro atoms. The summed E-state index contributed by atoms with van der Waals surface area (Å²) in [5.74, 6) is 5.10. The molecule has 0 amide bonds. The van der Waals surface area contributed by atoms with E-state index in [9.17, 15) is 12.8 Å². The number of sulfonamides is 1. The highest BCUT2D eigenvalue weighted by Crippen LogP contribution is 2.23. The number of hydrogen-bond donors (Lipinski definition) is 1. The van der Waals surface area contributed by atoms with E-state index >= 15 is 0 Å². The molecule has 0 radical (unpaired) electrons. The molecule has 138 valence electrons. The van der Waals surface area contributed by atoms with Crippen molar-refractivity contribution in [3.8, 4) is 17.6 Å². The van der Waals surface area contributed by atoms with Crippen LogP contribution in [0.2, 0.25) is 0 Å². The Morgan fingerprint density at radius 3 is 2.58 bits per heavy atom. The van der Waals surface area contributed by atoms with Crippen LogP contribution in [0, 0.1) is 17.7 Å². The summed E-state index contributed by atoms with van der Waals surface area (Å²) in [6, 6.07) is 13.3. The standard InChI is InChI=1S/C19H21FN2O3S/c1-22(15-16-8-4-3-5-9-16)13-7-6-12-21-26(23,24)19-14-17(20)10-11-18(19)25-2/h3-5,8-11,14,21H,12-13,15H2,1-2H3. The molecule has 2 aromatic carbocycles. The topological polar surface area (TPSA) is 58.6 Å². The third-order valence-electron chi connectivity index (χ3n) is 3.54. The Morgan fingerprint density at radius 2 is 1.88 bits per heavy atom. The van der Waals surface area contributed by atoms with Crippen molar-refractivity contribution in [1.29, 1.82) is 0 Å². The van der Waals surface area contributed by atoms with Crippen LogP contribution in [0.25, 0.3) is 0 Å². The van der Waals surface area contributed by atoms with Crippen LogP contribution in [0.4, 0.5) is 4.39 Å². The number of halogens is 1. The van der Waals surface area contributed by atoms with Gasteiger partial charge < -0.3 is 4.74 Å². The lowest BCUT2D eigenvalue weighted by atomic mass is 10.2. The Morgan fingerprint density at radius 1 is 1.15 bits per heavy atom. The van der Waals surface area contributed by atoms with Crippen molar-refractivity contribution in [3.63, 3.8) is 0 Å². The zero-order valence-corrected chi connectivity index (χ0v) is 15.5. The lowest BCUT2D eigenvalue weighted by Gasteiger charge is -2.12. The first-order valence-electron chi connectivity index (χ1n) is 7.94. The highest BCUT2D eigenvalue weighted by molar-refractivity contribution is 7.89. The highest BCUT2D eigenvalue weighted by atomic mass is 32.2. The van der Waals surface area contributed by atoms with Crippen LogP contribution in [-0.2, 0) is 16.6 Å². The molecule has 0 aliphatic carbocycles. The summed E-state index contributed by atoms with van der Waals surface area (Å²) < 4.78 is 45.2. The van der Waals surface area contributed by atoms with Gasteiger partial charge in [0.15, 0.2) is 0 Å². The predicted molar refractivity (Wildman–Crippen MR) is 98.7 cm³/mol. The molecule has 26 heavy (non-hydrogen) atoms. The number of nitrogens with one attached hydrogen (secondary N) is 1. The number of nitrogens with zero attached hydrogens (tertiary/aromatic N) is 1. The molecule has 0 saturated carbocycles. The van der Waals surface area contributed by atoms with Gasteiger partial charge in [-0.2, -0.15) is 4.72 Å². The highest BCUT2D eigenvalue weighted by Gasteiger charge is 2.19. The SMILES string of the molecule is COc1ccc(F)cc1S(=O)(=O)NCC#CCN(C)Cc1ccccc1. The van der Waals surface area contributed by atoms with Gasteiger partial charge in [-0.1, -0.05) is 42.2 Å². The Bertz CT molecular complexity index is 890. The lowest BCUT2D eigenvalue weighted by Crippen LogP contribution is -2.25. The molecule has 0 aromatic heterocycles. The van der Waals surface area contributed by atoms with Crippen molar-refractivity contribution in [2.24, 2.45) is 0 Å². The molecule has 0 aliphatic heterocycles. The Balaban J connectivity index is 1.89. The van der Waals surface area contributed by atoms with E-state index in [1.807, 2.05) is 42.3 Å². The molecule has 7 heteroatoms. The molecule has 2 aromatic rings. The number of benzene rings is 2. The first-order chi connectivity index (χ1) is 12.4. The van der Waals surface area contributed by atoms with Crippen molar-refractivity contribution in [2.45, 2.75) is 11.4 Å². The fraction of sp³-hybridized carbons (Fsp3) is 0.263. The van der Waals surface area contributed by atoms with E-state index in [4.69, 9.17) is 4.74 Å². The Hall–Kier alpha value is -2.40. The predicted octanol–water partition coefficient (Wildman–Crippen LogP) is 2.25. The van der Waals surface area contributed by atoms with Crippen molar-refractivity contribution >= 4 is 10.0 Å². The average Bonchev–Trinajstić information content (AvgIpc) is 2.62. The second-order valence-corrected chi connectivity index (χ2v) is 7.37. The summed E-state index contributed by atoms with van der Waals surface area (Å²) in [5, 5.41) is 0. The first kappa shape index (κ1) is 19.9. The van der Waals surface area contributed by atoms with Gasteiger partial charge in [0.2, 0.25) is 10.0 Å². The third kappa shape index (κ3) is 5.85. The summed E-state index contributed by atoms with van der Waals surface area (Å²) in [7, 11) is -0.644. The fourth-order valence-electron chi connectivity index (χ4n) is 2.27. The largest absolute Gasteiger partial charge is 0.495 e. The van der Waals surface area contributed by atoms with Gasteiger partial charge in [0.1, 0.15) is 16.5 Å². The molecular formula is C19H21FN2O3S. The minimum absolute atomic E-state index is 0.0683. The molecule has 0 heterocycles. The van der Waals surface area contributed by atoms with Gasteiger partial charge in [-0.3, -0.25) is 4.90 Å². The van der Waals surface area contributed by atoms with E-state index in [-0.39, 0.29) is 17.2 Å². The smallest absolute Gasteiger partial charge is 0.245 e. The third-order valence-corrected chi connectivity index (χ3v) is 4.96. The maximum absolute atomic E-state index is 13.3. The number of methoxy groups -OCH3 is 1. The Kier molecular flexibility index (Phi) is 7.16. The van der Waals surface area contributed by atoms with Gasteiger partial charge in [0, 0.05) is 6.54 Å². The monoisotopic (exact) mass is 376 g/mol. The minimum Gasteiger partial charge on any atom is -0.495 e. The quantitative estimate of drug-likeness (QED) is 0.753. The summed E-state index contributed by atoms with van der Waals surface area (Å²) in [4.78, 5) is 1.77. The molecule has 0 fully saturated rings. The maximum atomic E-state index is 13.3. The van der Waals surface area contributed by atoms with Crippen molar-refractivity contribution in [2.75, 3.05) is 27.2 Å². The summed E-state index contributed by atoms with van der Waals surface area (Å²) >= 11 is 0. The summed E-state index contributed by atoms with van der Waals surface area (Å²) in [6.45, 7) is 1.18. The lowest BCUT2D eigenvalue weighted by molar-refractivity contribution is 0.369. The second kappa shape index (κ2) is 9.34. The van der Waals surface area contributed by atoms with Crippen molar-refractivity contribution in [3.05, 3.63) is 59.9 Å². The summed E-state index contributed by atoms with van der Waals surface area (Å²) in [5.41, 5.74) is 1.18. The zero-order chi connectivity index (χ0) is 19.0. The average molecular weight is 376 g/mol. The molecule has 0 saturated heterocycles. The molecule has 5 nitrogen and oxygen atoms in total. The molecular weight excluding hydrogens is 355 g/mol. The van der Waals surface area contributed by atoms with Crippen molar-refractivity contribution in [1.82, 2.24) is 9.62 Å². The second-order valence-electron chi connectivity index (χ2n) is 5.63. The zero-order valence-electron chi connectivity index (χ0n) is 14.7. The van der Waals surface area contributed by atoms with E-state index in [0.29, 0.717) is 6.54 Å². The molecule has 0 unspecified atom stereocenters. The number of hydrogen-bond acceptors (Lipinski definition) is 4. The van der Waals surface area contributed by atoms with Crippen LogP contribution in [0.15, 0.2) is 53.4 Å². The van der Waals surface area contributed by atoms with Gasteiger partial charge in [0.25, 0.3) is 0 Å². The van der Waals surface area contributed by atoms with E-state index in [0.717, 1.165) is 18.7 Å². The van der Waals surface area contributed by atoms with Gasteiger partial charge in [-0.15, -0.1) is 0 Å². The van der Waals surface area contributed by atoms with Crippen LogP contribution in [0.3, 0.4) is 0 Å². The van der Waals surface area contributed by atoms with Crippen LogP contribution in [0.1, 0.15) is 5.56 Å². The van der Waals surface area contributed by atoms with E-state index in [1.165, 1.54) is 18.7 Å². The maximum Gasteiger partial charge on any atom is 0.245 e. The van der Waals surface area contributed by atoms with Gasteiger partial charge >= 0.3 is 0 Å². The molecule has 0 aliphatic rings. The van der Waals surface area contributed by atoms with Crippen molar-refractivity contribution < 1.29 is 17.5 Å². The van der Waals surface area contributed by atoms with Crippen LogP contribution < -0.4 is 9.46 Å². The van der Waals surface area contributed by atoms with E-state index in [2.05, 4.69) is 16.6 Å². The van der Waals surface area contributed by atoms with Crippen LogP contribution in [0.5, 0.6) is 5.75 Å². The van der Waals surface area contributed by atoms with Gasteiger partial charge in [0.05, 0.1) is 20.2 Å². The van der Waals surface area contributed by atoms with E-state index in [1.54, 1.807) is 0 Å². The van der Waals surface area contributed by atoms with Crippen LogP contribution in [-0.4, -0.2) is 40.6 Å². The molecule has 2 rings (SSSR count). The van der Waals surface area contributed by atoms with E-state index < -0.39 is 15.8 Å². The Labute approximate surface area is 153 Å². The number of rotatable bonds is 7. The van der Waals surface area contributed by atoms with Crippen LogP contribution >= 0.6 is 0 Å². The van der Waals surface area contributed by atoms with Gasteiger partial charge in [-0.25, -0.2) is 12.8 Å². The minimum atomic E-state index is -3.91. The molecule has 1 N–H and O–H groups in total. The van der Waals surface area contributed by atoms with Gasteiger partial charge in [-0.05, 0) is 30.8 Å². The fourth-order valence-corrected chi connectivity index (χ4v) is 3.38. The normalized spacial score (nSPS) is 11.1. The number of ether oxygens (including phenoxy) is 1. The molecule has 0 bridgehead atoms. The molecule has 0 atom stereocenters. The summed E-state index contributed by atoms with van der Waals surface area (Å²) in [6.07, 6.45) is 0. The first-order valence-corrected chi connectivity index (χ1v) is 9.42.